The molecular formula is C13H14N2. The van der Waals surface area contributed by atoms with Crippen LogP contribution in [0.15, 0.2) is 43.1 Å². The maximum atomic E-state index is 5.50. The Balaban J connectivity index is 2.42. The quantitative estimate of drug-likeness (QED) is 0.823. The molecule has 0 amide bonds. The van der Waals surface area contributed by atoms with Crippen LogP contribution < -0.4 is 5.73 Å². The first-order valence-electron chi connectivity index (χ1n) is 5.04. The van der Waals surface area contributed by atoms with E-state index in [1.54, 1.807) is 0 Å². The van der Waals surface area contributed by atoms with Crippen LogP contribution in [0.25, 0.3) is 16.5 Å². The second kappa shape index (κ2) is 4.24. The van der Waals surface area contributed by atoms with Crippen LogP contribution in [0.2, 0.25) is 0 Å². The van der Waals surface area contributed by atoms with Crippen molar-refractivity contribution in [2.75, 3.05) is 6.54 Å². The SMILES string of the molecule is C=C(CCN)c1cnc2ccccc2c1. The van der Waals surface area contributed by atoms with Crippen LogP contribution >= 0.6 is 0 Å². The molecule has 2 nitrogen and oxygen atoms in total. The van der Waals surface area contributed by atoms with E-state index in [1.807, 2.05) is 24.4 Å². The predicted octanol–water partition coefficient (Wildman–Crippen LogP) is 2.60. The van der Waals surface area contributed by atoms with Crippen molar-refractivity contribution in [2.24, 2.45) is 5.73 Å². The van der Waals surface area contributed by atoms with Crippen molar-refractivity contribution < 1.29 is 0 Å². The Hall–Kier alpha value is -1.67. The van der Waals surface area contributed by atoms with Gasteiger partial charge in [0.15, 0.2) is 0 Å². The molecule has 0 aliphatic heterocycles. The van der Waals surface area contributed by atoms with Gasteiger partial charge in [-0.2, -0.15) is 0 Å². The first-order chi connectivity index (χ1) is 7.31. The summed E-state index contributed by atoms with van der Waals surface area (Å²) < 4.78 is 0. The zero-order chi connectivity index (χ0) is 10.7. The molecule has 0 unspecified atom stereocenters. The molecule has 2 aromatic rings. The number of benzene rings is 1. The Morgan fingerprint density at radius 3 is 2.93 bits per heavy atom. The average molecular weight is 198 g/mol. The van der Waals surface area contributed by atoms with Gasteiger partial charge in [0.2, 0.25) is 0 Å². The molecule has 0 spiro atoms. The first-order valence-corrected chi connectivity index (χ1v) is 5.04. The molecule has 0 saturated heterocycles. The van der Waals surface area contributed by atoms with Crippen molar-refractivity contribution in [1.82, 2.24) is 4.98 Å². The molecule has 0 saturated carbocycles. The van der Waals surface area contributed by atoms with E-state index in [1.165, 1.54) is 0 Å². The van der Waals surface area contributed by atoms with Gasteiger partial charge in [0, 0.05) is 11.6 Å². The maximum absolute atomic E-state index is 5.50. The molecule has 0 fully saturated rings. The van der Waals surface area contributed by atoms with E-state index in [9.17, 15) is 0 Å². The fraction of sp³-hybridized carbons (Fsp3) is 0.154. The molecule has 2 N–H and O–H groups in total. The number of hydrogen-bond acceptors (Lipinski definition) is 2. The first kappa shape index (κ1) is 9.87. The summed E-state index contributed by atoms with van der Waals surface area (Å²) >= 11 is 0. The van der Waals surface area contributed by atoms with E-state index in [4.69, 9.17) is 5.73 Å². The molecule has 0 atom stereocenters. The average Bonchev–Trinajstić information content (AvgIpc) is 2.29. The summed E-state index contributed by atoms with van der Waals surface area (Å²) in [5.41, 5.74) is 8.65. The summed E-state index contributed by atoms with van der Waals surface area (Å²) in [4.78, 5) is 4.38. The molecule has 1 aromatic heterocycles. The van der Waals surface area contributed by atoms with Gasteiger partial charge in [0.1, 0.15) is 0 Å². The Labute approximate surface area is 89.4 Å². The monoisotopic (exact) mass is 198 g/mol. The number of pyridine rings is 1. The van der Waals surface area contributed by atoms with Gasteiger partial charge >= 0.3 is 0 Å². The van der Waals surface area contributed by atoms with Gasteiger partial charge in [0.25, 0.3) is 0 Å². The molecule has 2 heteroatoms. The van der Waals surface area contributed by atoms with Crippen molar-refractivity contribution in [3.8, 4) is 0 Å². The van der Waals surface area contributed by atoms with Crippen LogP contribution in [-0.2, 0) is 0 Å². The lowest BCUT2D eigenvalue weighted by Gasteiger charge is -2.05. The van der Waals surface area contributed by atoms with Crippen molar-refractivity contribution in [3.05, 3.63) is 48.7 Å². The molecule has 2 rings (SSSR count). The van der Waals surface area contributed by atoms with Crippen LogP contribution in [0.4, 0.5) is 0 Å². The Morgan fingerprint density at radius 2 is 2.13 bits per heavy atom. The number of aromatic nitrogens is 1. The van der Waals surface area contributed by atoms with E-state index in [0.717, 1.165) is 28.5 Å². The summed E-state index contributed by atoms with van der Waals surface area (Å²) in [5.74, 6) is 0. The summed E-state index contributed by atoms with van der Waals surface area (Å²) in [7, 11) is 0. The maximum Gasteiger partial charge on any atom is 0.0702 e. The third kappa shape index (κ3) is 2.05. The third-order valence-corrected chi connectivity index (χ3v) is 2.44. The number of para-hydroxylation sites is 1. The fourth-order valence-electron chi connectivity index (χ4n) is 1.58. The van der Waals surface area contributed by atoms with Gasteiger partial charge in [-0.15, -0.1) is 0 Å². The van der Waals surface area contributed by atoms with Crippen LogP contribution in [0.1, 0.15) is 12.0 Å². The number of nitrogens with two attached hydrogens (primary N) is 1. The van der Waals surface area contributed by atoms with Crippen molar-refractivity contribution >= 4 is 16.5 Å². The molecule has 0 radical (unpaired) electrons. The second-order valence-electron chi connectivity index (χ2n) is 3.56. The van der Waals surface area contributed by atoms with E-state index < -0.39 is 0 Å². The van der Waals surface area contributed by atoms with Gasteiger partial charge < -0.3 is 5.73 Å². The largest absolute Gasteiger partial charge is 0.330 e. The highest BCUT2D eigenvalue weighted by Gasteiger charge is 2.00. The second-order valence-corrected chi connectivity index (χ2v) is 3.56. The minimum Gasteiger partial charge on any atom is -0.330 e. The van der Waals surface area contributed by atoms with Gasteiger partial charge in [-0.05, 0) is 36.2 Å². The highest BCUT2D eigenvalue weighted by molar-refractivity contribution is 5.82. The van der Waals surface area contributed by atoms with Crippen LogP contribution in [-0.4, -0.2) is 11.5 Å². The molecule has 76 valence electrons. The minimum atomic E-state index is 0.631. The smallest absolute Gasteiger partial charge is 0.0702 e. The van der Waals surface area contributed by atoms with E-state index in [2.05, 4.69) is 23.7 Å². The van der Waals surface area contributed by atoms with Crippen LogP contribution in [0, 0.1) is 0 Å². The molecule has 0 aliphatic rings. The summed E-state index contributed by atoms with van der Waals surface area (Å²) in [6, 6.07) is 10.2. The standard InChI is InChI=1S/C13H14N2/c1-10(6-7-14)12-8-11-4-2-3-5-13(11)15-9-12/h2-5,8-9H,1,6-7,14H2. The third-order valence-electron chi connectivity index (χ3n) is 2.44. The Bertz CT molecular complexity index is 489. The van der Waals surface area contributed by atoms with Gasteiger partial charge in [-0.3, -0.25) is 4.98 Å². The van der Waals surface area contributed by atoms with E-state index in [0.29, 0.717) is 6.54 Å². The van der Waals surface area contributed by atoms with E-state index in [-0.39, 0.29) is 0 Å². The topological polar surface area (TPSA) is 38.9 Å². The predicted molar refractivity (Wildman–Crippen MR) is 64.4 cm³/mol. The molecule has 1 heterocycles. The molecule has 15 heavy (non-hydrogen) atoms. The van der Waals surface area contributed by atoms with Crippen LogP contribution in [0.3, 0.4) is 0 Å². The molecule has 1 aromatic carbocycles. The zero-order valence-electron chi connectivity index (χ0n) is 8.61. The number of hydrogen-bond donors (Lipinski definition) is 1. The Kier molecular flexibility index (Phi) is 2.79. The number of rotatable bonds is 3. The summed E-state index contributed by atoms with van der Waals surface area (Å²) in [6.07, 6.45) is 2.68. The van der Waals surface area contributed by atoms with Crippen LogP contribution in [0.5, 0.6) is 0 Å². The highest BCUT2D eigenvalue weighted by atomic mass is 14.6. The van der Waals surface area contributed by atoms with Gasteiger partial charge in [0.05, 0.1) is 5.52 Å². The van der Waals surface area contributed by atoms with Crippen molar-refractivity contribution in [2.45, 2.75) is 6.42 Å². The lowest BCUT2D eigenvalue weighted by molar-refractivity contribution is 1.02. The lowest BCUT2D eigenvalue weighted by Crippen LogP contribution is -1.99. The summed E-state index contributed by atoms with van der Waals surface area (Å²) in [6.45, 7) is 4.63. The molecule has 0 aliphatic carbocycles. The number of fused-ring (bicyclic) bond motifs is 1. The highest BCUT2D eigenvalue weighted by Crippen LogP contribution is 2.19. The normalized spacial score (nSPS) is 10.5. The van der Waals surface area contributed by atoms with Gasteiger partial charge in [-0.1, -0.05) is 24.8 Å². The Morgan fingerprint density at radius 1 is 1.33 bits per heavy atom. The minimum absolute atomic E-state index is 0.631. The number of nitrogens with zero attached hydrogens (tertiary/aromatic N) is 1. The van der Waals surface area contributed by atoms with E-state index >= 15 is 0 Å². The summed E-state index contributed by atoms with van der Waals surface area (Å²) in [5, 5.41) is 1.15. The molecule has 0 bridgehead atoms. The van der Waals surface area contributed by atoms with Gasteiger partial charge in [-0.25, -0.2) is 0 Å². The van der Waals surface area contributed by atoms with Crippen molar-refractivity contribution in [3.63, 3.8) is 0 Å². The molecular weight excluding hydrogens is 184 g/mol. The fourth-order valence-corrected chi connectivity index (χ4v) is 1.58. The lowest BCUT2D eigenvalue weighted by atomic mass is 10.0. The van der Waals surface area contributed by atoms with Crippen molar-refractivity contribution in [1.29, 1.82) is 0 Å². The zero-order valence-corrected chi connectivity index (χ0v) is 8.61.